The Balaban J connectivity index is 1.93. The standard InChI is InChI=1S/C25H38N4O4/c1-5-11-26-25(32)28(4)15-22-17(2)14-29(18(3)16-30)24(31)21-12-20(13-27-23(21)33-22)19-9-7-6-8-10-19/h9,12-13,17-18,22,30H,5-8,10-11,14-16H2,1-4H3,(H,26,32)/t17-,18+,22+/m0/s1. The van der Waals surface area contributed by atoms with Gasteiger partial charge in [0.2, 0.25) is 5.88 Å². The van der Waals surface area contributed by atoms with Crippen molar-refractivity contribution < 1.29 is 19.4 Å². The molecule has 0 fully saturated rings. The van der Waals surface area contributed by atoms with Crippen LogP contribution in [0.2, 0.25) is 0 Å². The van der Waals surface area contributed by atoms with Crippen LogP contribution >= 0.6 is 0 Å². The number of aromatic nitrogens is 1. The van der Waals surface area contributed by atoms with Crippen molar-refractivity contribution in [2.45, 2.75) is 65.0 Å². The van der Waals surface area contributed by atoms with Crippen LogP contribution in [0.3, 0.4) is 0 Å². The van der Waals surface area contributed by atoms with Crippen LogP contribution in [0, 0.1) is 5.92 Å². The Morgan fingerprint density at radius 3 is 2.88 bits per heavy atom. The number of rotatable bonds is 7. The predicted octanol–water partition coefficient (Wildman–Crippen LogP) is 3.31. The molecular weight excluding hydrogens is 420 g/mol. The van der Waals surface area contributed by atoms with Crippen molar-refractivity contribution in [3.63, 3.8) is 0 Å². The molecule has 0 spiro atoms. The first-order valence-electron chi connectivity index (χ1n) is 12.1. The highest BCUT2D eigenvalue weighted by Crippen LogP contribution is 2.32. The lowest BCUT2D eigenvalue weighted by Crippen LogP contribution is -2.51. The molecule has 3 atom stereocenters. The number of hydrogen-bond donors (Lipinski definition) is 2. The molecule has 2 aliphatic rings. The summed E-state index contributed by atoms with van der Waals surface area (Å²) in [4.78, 5) is 33.8. The second kappa shape index (κ2) is 11.5. The third-order valence-electron chi connectivity index (χ3n) is 6.51. The summed E-state index contributed by atoms with van der Waals surface area (Å²) in [7, 11) is 1.74. The number of carbonyl (C=O) groups is 2. The quantitative estimate of drug-likeness (QED) is 0.654. The van der Waals surface area contributed by atoms with Crippen LogP contribution in [-0.2, 0) is 0 Å². The van der Waals surface area contributed by atoms with E-state index in [1.54, 1.807) is 23.0 Å². The fraction of sp³-hybridized carbons (Fsp3) is 0.640. The average Bonchev–Trinajstić information content (AvgIpc) is 2.84. The number of nitrogens with one attached hydrogen (secondary N) is 1. The van der Waals surface area contributed by atoms with Crippen molar-refractivity contribution in [3.05, 3.63) is 29.5 Å². The van der Waals surface area contributed by atoms with Gasteiger partial charge in [-0.2, -0.15) is 0 Å². The summed E-state index contributed by atoms with van der Waals surface area (Å²) >= 11 is 0. The van der Waals surface area contributed by atoms with Gasteiger partial charge in [-0.25, -0.2) is 9.78 Å². The van der Waals surface area contributed by atoms with Gasteiger partial charge in [0.1, 0.15) is 11.7 Å². The summed E-state index contributed by atoms with van der Waals surface area (Å²) in [6.45, 7) is 7.11. The molecule has 8 heteroatoms. The van der Waals surface area contributed by atoms with E-state index in [1.165, 1.54) is 12.0 Å². The van der Waals surface area contributed by atoms with Crippen LogP contribution in [0.1, 0.15) is 68.8 Å². The third-order valence-corrected chi connectivity index (χ3v) is 6.51. The molecular formula is C25H38N4O4. The van der Waals surface area contributed by atoms with Gasteiger partial charge in [0.25, 0.3) is 5.91 Å². The van der Waals surface area contributed by atoms with Gasteiger partial charge in [0, 0.05) is 32.3 Å². The number of carbonyl (C=O) groups excluding carboxylic acids is 2. The zero-order valence-corrected chi connectivity index (χ0v) is 20.3. The molecule has 33 heavy (non-hydrogen) atoms. The minimum atomic E-state index is -0.352. The van der Waals surface area contributed by atoms with E-state index in [0.29, 0.717) is 25.2 Å². The van der Waals surface area contributed by atoms with E-state index in [-0.39, 0.29) is 42.5 Å². The molecule has 1 aliphatic carbocycles. The lowest BCUT2D eigenvalue weighted by atomic mass is 9.93. The highest BCUT2D eigenvalue weighted by atomic mass is 16.5. The third kappa shape index (κ3) is 6.05. The maximum Gasteiger partial charge on any atom is 0.317 e. The molecule has 1 aromatic heterocycles. The summed E-state index contributed by atoms with van der Waals surface area (Å²) in [6, 6.07) is 1.39. The summed E-state index contributed by atoms with van der Waals surface area (Å²) < 4.78 is 6.29. The van der Waals surface area contributed by atoms with E-state index in [2.05, 4.69) is 16.4 Å². The van der Waals surface area contributed by atoms with Gasteiger partial charge >= 0.3 is 6.03 Å². The highest BCUT2D eigenvalue weighted by Gasteiger charge is 2.34. The summed E-state index contributed by atoms with van der Waals surface area (Å²) in [5, 5.41) is 12.7. The van der Waals surface area contributed by atoms with Gasteiger partial charge < -0.3 is 25.0 Å². The van der Waals surface area contributed by atoms with Gasteiger partial charge in [-0.1, -0.05) is 19.9 Å². The van der Waals surface area contributed by atoms with Gasteiger partial charge in [-0.15, -0.1) is 0 Å². The molecule has 0 unspecified atom stereocenters. The fourth-order valence-electron chi connectivity index (χ4n) is 4.32. The molecule has 2 N–H and O–H groups in total. The summed E-state index contributed by atoms with van der Waals surface area (Å²) in [5.41, 5.74) is 2.57. The second-order valence-electron chi connectivity index (χ2n) is 9.29. The molecule has 0 aromatic carbocycles. The minimum Gasteiger partial charge on any atom is -0.472 e. The number of aliphatic hydroxyl groups excluding tert-OH is 1. The topological polar surface area (TPSA) is 95.0 Å². The molecule has 0 saturated carbocycles. The number of pyridine rings is 1. The first-order chi connectivity index (χ1) is 15.8. The number of fused-ring (bicyclic) bond motifs is 1. The average molecular weight is 459 g/mol. The Bertz CT molecular complexity index is 872. The lowest BCUT2D eigenvalue weighted by Gasteiger charge is -2.37. The van der Waals surface area contributed by atoms with Crippen molar-refractivity contribution in [3.8, 4) is 5.88 Å². The maximum absolute atomic E-state index is 13.5. The number of hydrogen-bond acceptors (Lipinski definition) is 5. The van der Waals surface area contributed by atoms with Crippen LogP contribution in [0.5, 0.6) is 5.88 Å². The molecule has 2 heterocycles. The van der Waals surface area contributed by atoms with Crippen LogP contribution in [0.15, 0.2) is 18.3 Å². The predicted molar refractivity (Wildman–Crippen MR) is 128 cm³/mol. The Hall–Kier alpha value is -2.61. The molecule has 1 aliphatic heterocycles. The minimum absolute atomic E-state index is 0.0694. The van der Waals surface area contributed by atoms with Crippen molar-refractivity contribution in [1.29, 1.82) is 0 Å². The van der Waals surface area contributed by atoms with Gasteiger partial charge in [-0.3, -0.25) is 4.79 Å². The van der Waals surface area contributed by atoms with Crippen molar-refractivity contribution in [2.75, 3.05) is 33.3 Å². The summed E-state index contributed by atoms with van der Waals surface area (Å²) in [6.07, 6.45) is 8.85. The fourth-order valence-corrected chi connectivity index (χ4v) is 4.32. The number of aliphatic hydroxyl groups is 1. The first kappa shape index (κ1) is 25.0. The number of nitrogens with zero attached hydrogens (tertiary/aromatic N) is 3. The maximum atomic E-state index is 13.5. The monoisotopic (exact) mass is 458 g/mol. The molecule has 182 valence electrons. The van der Waals surface area contributed by atoms with Gasteiger partial charge in [0.05, 0.1) is 19.2 Å². The Labute approximate surface area is 197 Å². The number of ether oxygens (including phenoxy) is 1. The molecule has 0 saturated heterocycles. The van der Waals surface area contributed by atoms with Crippen LogP contribution in [0.4, 0.5) is 4.79 Å². The Morgan fingerprint density at radius 1 is 1.42 bits per heavy atom. The summed E-state index contributed by atoms with van der Waals surface area (Å²) in [5.74, 6) is 0.0333. The SMILES string of the molecule is CCCNC(=O)N(C)C[C@H]1Oc2ncc(C3=CCCCC3)cc2C(=O)N([C@H](C)CO)C[C@@H]1C. The van der Waals surface area contributed by atoms with E-state index in [0.717, 1.165) is 31.2 Å². The Kier molecular flexibility index (Phi) is 8.72. The van der Waals surface area contributed by atoms with E-state index >= 15 is 0 Å². The molecule has 0 bridgehead atoms. The van der Waals surface area contributed by atoms with Crippen molar-refractivity contribution in [2.24, 2.45) is 5.92 Å². The van der Waals surface area contributed by atoms with Crippen LogP contribution < -0.4 is 10.1 Å². The normalized spacial score (nSPS) is 21.8. The number of allylic oxidation sites excluding steroid dienone is 2. The van der Waals surface area contributed by atoms with Crippen LogP contribution in [0.25, 0.3) is 5.57 Å². The number of amides is 3. The van der Waals surface area contributed by atoms with E-state index in [4.69, 9.17) is 4.74 Å². The van der Waals surface area contributed by atoms with Gasteiger partial charge in [-0.05, 0) is 56.2 Å². The zero-order valence-electron chi connectivity index (χ0n) is 20.3. The smallest absolute Gasteiger partial charge is 0.317 e. The van der Waals surface area contributed by atoms with Gasteiger partial charge in [0.15, 0.2) is 0 Å². The highest BCUT2D eigenvalue weighted by molar-refractivity contribution is 5.97. The van der Waals surface area contributed by atoms with Crippen molar-refractivity contribution in [1.82, 2.24) is 20.1 Å². The molecule has 3 rings (SSSR count). The van der Waals surface area contributed by atoms with E-state index in [9.17, 15) is 14.7 Å². The second-order valence-corrected chi connectivity index (χ2v) is 9.29. The van der Waals surface area contributed by atoms with Crippen LogP contribution in [-0.4, -0.2) is 77.3 Å². The first-order valence-corrected chi connectivity index (χ1v) is 12.1. The number of urea groups is 1. The Morgan fingerprint density at radius 2 is 2.21 bits per heavy atom. The van der Waals surface area contributed by atoms with Crippen molar-refractivity contribution >= 4 is 17.5 Å². The largest absolute Gasteiger partial charge is 0.472 e. The zero-order chi connectivity index (χ0) is 24.0. The molecule has 1 aromatic rings. The van der Waals surface area contributed by atoms with E-state index in [1.807, 2.05) is 26.8 Å². The van der Waals surface area contributed by atoms with E-state index < -0.39 is 0 Å². The molecule has 0 radical (unpaired) electrons. The lowest BCUT2D eigenvalue weighted by molar-refractivity contribution is 0.0352. The molecule has 3 amide bonds. The molecule has 8 nitrogen and oxygen atoms in total. The number of likely N-dealkylation sites (N-methyl/N-ethyl adjacent to an activating group) is 1.